The number of hydrogen-bond donors (Lipinski definition) is 2. The molecule has 1 amide bonds. The Labute approximate surface area is 120 Å². The van der Waals surface area contributed by atoms with Gasteiger partial charge in [-0.3, -0.25) is 9.59 Å². The molecule has 20 heavy (non-hydrogen) atoms. The first-order chi connectivity index (χ1) is 9.56. The number of carbonyl (C=O) groups is 2. The lowest BCUT2D eigenvalue weighted by Crippen LogP contribution is -2.46. The van der Waals surface area contributed by atoms with Crippen molar-refractivity contribution < 1.29 is 19.4 Å². The third kappa shape index (κ3) is 5.88. The van der Waals surface area contributed by atoms with Crippen LogP contribution in [0.5, 0.6) is 0 Å². The zero-order valence-electron chi connectivity index (χ0n) is 12.2. The second-order valence-corrected chi connectivity index (χ2v) is 5.32. The third-order valence-corrected chi connectivity index (χ3v) is 3.81. The zero-order valence-corrected chi connectivity index (χ0v) is 12.2. The Balaban J connectivity index is 2.36. The molecule has 1 aliphatic heterocycles. The van der Waals surface area contributed by atoms with Gasteiger partial charge in [-0.1, -0.05) is 13.3 Å². The SMILES string of the molecule is CCC(CCN)CCC(=O)N1CCOC(CC(=O)O)C1. The molecule has 0 spiro atoms. The lowest BCUT2D eigenvalue weighted by Gasteiger charge is -2.32. The Morgan fingerprint density at radius 1 is 1.45 bits per heavy atom. The molecule has 1 rings (SSSR count). The summed E-state index contributed by atoms with van der Waals surface area (Å²) in [6.07, 6.45) is 2.93. The van der Waals surface area contributed by atoms with Crippen molar-refractivity contribution in [1.82, 2.24) is 4.90 Å². The van der Waals surface area contributed by atoms with Crippen LogP contribution in [-0.2, 0) is 14.3 Å². The van der Waals surface area contributed by atoms with E-state index in [1.807, 2.05) is 0 Å². The molecule has 0 aliphatic carbocycles. The summed E-state index contributed by atoms with van der Waals surface area (Å²) < 4.78 is 5.36. The van der Waals surface area contributed by atoms with Gasteiger partial charge in [0.2, 0.25) is 5.91 Å². The molecule has 6 heteroatoms. The first-order valence-corrected chi connectivity index (χ1v) is 7.38. The Hall–Kier alpha value is -1.14. The number of aliphatic carboxylic acids is 1. The van der Waals surface area contributed by atoms with E-state index in [1.54, 1.807) is 4.90 Å². The summed E-state index contributed by atoms with van der Waals surface area (Å²) in [4.78, 5) is 24.5. The maximum Gasteiger partial charge on any atom is 0.306 e. The van der Waals surface area contributed by atoms with Crippen LogP contribution in [0, 0.1) is 5.92 Å². The Morgan fingerprint density at radius 2 is 2.20 bits per heavy atom. The number of ether oxygens (including phenoxy) is 1. The molecule has 2 atom stereocenters. The second-order valence-electron chi connectivity index (χ2n) is 5.32. The Morgan fingerprint density at radius 3 is 2.80 bits per heavy atom. The molecule has 1 heterocycles. The second kappa shape index (κ2) is 8.92. The first-order valence-electron chi connectivity index (χ1n) is 7.38. The van der Waals surface area contributed by atoms with Crippen molar-refractivity contribution in [2.75, 3.05) is 26.2 Å². The number of rotatable bonds is 8. The molecule has 0 aromatic carbocycles. The number of carbonyl (C=O) groups excluding carboxylic acids is 1. The molecule has 1 fully saturated rings. The van der Waals surface area contributed by atoms with Gasteiger partial charge in [0.25, 0.3) is 0 Å². The monoisotopic (exact) mass is 286 g/mol. The summed E-state index contributed by atoms with van der Waals surface area (Å²) in [5.74, 6) is -0.294. The number of hydrogen-bond acceptors (Lipinski definition) is 4. The molecule has 116 valence electrons. The number of amides is 1. The summed E-state index contributed by atoms with van der Waals surface area (Å²) in [6, 6.07) is 0. The quantitative estimate of drug-likeness (QED) is 0.690. The molecule has 0 saturated carbocycles. The smallest absolute Gasteiger partial charge is 0.306 e. The van der Waals surface area contributed by atoms with Gasteiger partial charge in [0.15, 0.2) is 0 Å². The van der Waals surface area contributed by atoms with E-state index in [4.69, 9.17) is 15.6 Å². The van der Waals surface area contributed by atoms with Crippen molar-refractivity contribution >= 4 is 11.9 Å². The van der Waals surface area contributed by atoms with Crippen molar-refractivity contribution in [2.24, 2.45) is 11.7 Å². The van der Waals surface area contributed by atoms with Crippen LogP contribution in [0.3, 0.4) is 0 Å². The van der Waals surface area contributed by atoms with Gasteiger partial charge in [0, 0.05) is 19.5 Å². The Kier molecular flexibility index (Phi) is 7.54. The molecule has 1 saturated heterocycles. The highest BCUT2D eigenvalue weighted by Gasteiger charge is 2.25. The van der Waals surface area contributed by atoms with Gasteiger partial charge in [0.05, 0.1) is 19.1 Å². The maximum atomic E-state index is 12.1. The largest absolute Gasteiger partial charge is 0.481 e. The molecular formula is C14H26N2O4. The van der Waals surface area contributed by atoms with Crippen LogP contribution in [0.15, 0.2) is 0 Å². The standard InChI is InChI=1S/C14H26N2O4/c1-2-11(5-6-15)3-4-13(17)16-7-8-20-12(10-16)9-14(18)19/h11-12H,2-10,15H2,1H3,(H,18,19). The first kappa shape index (κ1) is 16.9. The predicted molar refractivity (Wildman–Crippen MR) is 75.3 cm³/mol. The third-order valence-electron chi connectivity index (χ3n) is 3.81. The fraction of sp³-hybridized carbons (Fsp3) is 0.857. The molecule has 1 aliphatic rings. The van der Waals surface area contributed by atoms with E-state index < -0.39 is 5.97 Å². The lowest BCUT2D eigenvalue weighted by molar-refractivity contribution is -0.147. The average molecular weight is 286 g/mol. The van der Waals surface area contributed by atoms with Crippen molar-refractivity contribution in [2.45, 2.75) is 45.1 Å². The number of morpholine rings is 1. The summed E-state index contributed by atoms with van der Waals surface area (Å²) in [6.45, 7) is 4.14. The van der Waals surface area contributed by atoms with Crippen LogP contribution in [0.4, 0.5) is 0 Å². The molecule has 0 aromatic rings. The van der Waals surface area contributed by atoms with Gasteiger partial charge in [-0.15, -0.1) is 0 Å². The number of carboxylic acids is 1. The molecule has 3 N–H and O–H groups in total. The van der Waals surface area contributed by atoms with Crippen molar-refractivity contribution in [1.29, 1.82) is 0 Å². The molecule has 0 aromatic heterocycles. The van der Waals surface area contributed by atoms with Crippen LogP contribution in [-0.4, -0.2) is 54.2 Å². The molecule has 0 bridgehead atoms. The van der Waals surface area contributed by atoms with Crippen LogP contribution < -0.4 is 5.73 Å². The molecule has 0 radical (unpaired) electrons. The van der Waals surface area contributed by atoms with Gasteiger partial charge in [0.1, 0.15) is 0 Å². The molecule has 2 unspecified atom stereocenters. The summed E-state index contributed by atoms with van der Waals surface area (Å²) in [5, 5.41) is 8.76. The van der Waals surface area contributed by atoms with Gasteiger partial charge < -0.3 is 20.5 Å². The van der Waals surface area contributed by atoms with E-state index in [9.17, 15) is 9.59 Å². The van der Waals surface area contributed by atoms with Crippen LogP contribution >= 0.6 is 0 Å². The highest BCUT2D eigenvalue weighted by atomic mass is 16.5. The predicted octanol–water partition coefficient (Wildman–Crippen LogP) is 0.844. The van der Waals surface area contributed by atoms with E-state index in [2.05, 4.69) is 6.92 Å². The van der Waals surface area contributed by atoms with E-state index in [-0.39, 0.29) is 18.4 Å². The van der Waals surface area contributed by atoms with Crippen LogP contribution in [0.2, 0.25) is 0 Å². The highest BCUT2D eigenvalue weighted by Crippen LogP contribution is 2.17. The average Bonchev–Trinajstić information content (AvgIpc) is 2.42. The van der Waals surface area contributed by atoms with Crippen LogP contribution in [0.25, 0.3) is 0 Å². The number of nitrogens with two attached hydrogens (primary N) is 1. The summed E-state index contributed by atoms with van der Waals surface area (Å²) in [7, 11) is 0. The van der Waals surface area contributed by atoms with Crippen molar-refractivity contribution in [3.63, 3.8) is 0 Å². The molecular weight excluding hydrogens is 260 g/mol. The van der Waals surface area contributed by atoms with E-state index >= 15 is 0 Å². The van der Waals surface area contributed by atoms with Gasteiger partial charge >= 0.3 is 5.97 Å². The fourth-order valence-electron chi connectivity index (χ4n) is 2.54. The fourth-order valence-corrected chi connectivity index (χ4v) is 2.54. The van der Waals surface area contributed by atoms with E-state index in [0.29, 0.717) is 38.6 Å². The highest BCUT2D eigenvalue weighted by molar-refractivity contribution is 5.76. The normalized spacial score (nSPS) is 20.7. The minimum atomic E-state index is -0.890. The number of carboxylic acid groups (broad SMARTS) is 1. The summed E-state index contributed by atoms with van der Waals surface area (Å²) >= 11 is 0. The Bertz CT molecular complexity index is 322. The van der Waals surface area contributed by atoms with Gasteiger partial charge in [-0.25, -0.2) is 0 Å². The minimum Gasteiger partial charge on any atom is -0.481 e. The van der Waals surface area contributed by atoms with E-state index in [1.165, 1.54) is 0 Å². The van der Waals surface area contributed by atoms with Crippen molar-refractivity contribution in [3.05, 3.63) is 0 Å². The zero-order chi connectivity index (χ0) is 15.0. The topological polar surface area (TPSA) is 92.9 Å². The maximum absolute atomic E-state index is 12.1. The molecule has 6 nitrogen and oxygen atoms in total. The summed E-state index contributed by atoms with van der Waals surface area (Å²) in [5.41, 5.74) is 5.55. The van der Waals surface area contributed by atoms with Gasteiger partial charge in [-0.2, -0.15) is 0 Å². The minimum absolute atomic E-state index is 0.0471. The number of nitrogens with zero attached hydrogens (tertiary/aromatic N) is 1. The van der Waals surface area contributed by atoms with Crippen LogP contribution in [0.1, 0.15) is 39.0 Å². The van der Waals surface area contributed by atoms with Gasteiger partial charge in [-0.05, 0) is 25.3 Å². The van der Waals surface area contributed by atoms with E-state index in [0.717, 1.165) is 19.3 Å². The lowest BCUT2D eigenvalue weighted by atomic mass is 9.96. The van der Waals surface area contributed by atoms with Crippen molar-refractivity contribution in [3.8, 4) is 0 Å².